The molecule has 2 heterocycles. The first kappa shape index (κ1) is 24.6. The number of carbonyl (C=O) groups is 2. The fraction of sp³-hybridized carbons (Fsp3) is 0.524. The smallest absolute Gasteiger partial charge is 0.414 e. The average Bonchev–Trinajstić information content (AvgIpc) is 2.68. The van der Waals surface area contributed by atoms with Gasteiger partial charge >= 0.3 is 12.1 Å². The molecule has 12 heteroatoms. The number of nitro benzene ring substituents is 1. The van der Waals surface area contributed by atoms with E-state index >= 15 is 0 Å². The van der Waals surface area contributed by atoms with Crippen molar-refractivity contribution in [1.29, 1.82) is 0 Å². The zero-order chi connectivity index (χ0) is 24.8. The Labute approximate surface area is 192 Å². The van der Waals surface area contributed by atoms with Crippen molar-refractivity contribution in [2.24, 2.45) is 5.41 Å². The SMILES string of the molecule is COC(=O)c1ccc(C2=CC3(CCN2C(=O)OC(C)(C)C)CN(S(C)(=O)=O)C3)c([N+](=O)[O-])c1. The van der Waals surface area contributed by atoms with Crippen LogP contribution in [0.3, 0.4) is 0 Å². The minimum atomic E-state index is -3.38. The molecule has 0 aliphatic carbocycles. The molecule has 1 saturated heterocycles. The van der Waals surface area contributed by atoms with E-state index in [2.05, 4.69) is 4.74 Å². The van der Waals surface area contributed by atoms with Gasteiger partial charge in [0.2, 0.25) is 10.0 Å². The van der Waals surface area contributed by atoms with Gasteiger partial charge in [-0.05, 0) is 39.3 Å². The lowest BCUT2D eigenvalue weighted by Crippen LogP contribution is -2.59. The Morgan fingerprint density at radius 3 is 2.36 bits per heavy atom. The van der Waals surface area contributed by atoms with Crippen LogP contribution in [-0.4, -0.2) is 73.2 Å². The molecule has 0 saturated carbocycles. The van der Waals surface area contributed by atoms with E-state index in [9.17, 15) is 28.1 Å². The Morgan fingerprint density at radius 1 is 1.21 bits per heavy atom. The predicted octanol–water partition coefficient (Wildman–Crippen LogP) is 2.62. The number of carbonyl (C=O) groups excluding carboxylic acids is 2. The van der Waals surface area contributed by atoms with Crippen molar-refractivity contribution in [3.8, 4) is 0 Å². The maximum Gasteiger partial charge on any atom is 0.414 e. The molecule has 0 atom stereocenters. The number of hydrogen-bond donors (Lipinski definition) is 0. The number of esters is 1. The highest BCUT2D eigenvalue weighted by molar-refractivity contribution is 7.88. The molecule has 2 aliphatic rings. The van der Waals surface area contributed by atoms with Crippen molar-refractivity contribution < 1.29 is 32.4 Å². The van der Waals surface area contributed by atoms with Crippen molar-refractivity contribution in [3.05, 3.63) is 45.5 Å². The lowest BCUT2D eigenvalue weighted by atomic mass is 9.75. The molecule has 0 N–H and O–H groups in total. The highest BCUT2D eigenvalue weighted by Gasteiger charge is 2.49. The van der Waals surface area contributed by atoms with E-state index in [0.717, 1.165) is 12.3 Å². The second kappa shape index (κ2) is 8.41. The van der Waals surface area contributed by atoms with E-state index in [1.807, 2.05) is 0 Å². The third kappa shape index (κ3) is 5.17. The molecule has 11 nitrogen and oxygen atoms in total. The summed E-state index contributed by atoms with van der Waals surface area (Å²) in [4.78, 5) is 37.4. The summed E-state index contributed by atoms with van der Waals surface area (Å²) >= 11 is 0. The van der Waals surface area contributed by atoms with Gasteiger partial charge in [-0.15, -0.1) is 0 Å². The van der Waals surface area contributed by atoms with E-state index in [1.54, 1.807) is 26.8 Å². The Morgan fingerprint density at radius 2 is 1.85 bits per heavy atom. The van der Waals surface area contributed by atoms with Gasteiger partial charge in [0.25, 0.3) is 5.69 Å². The quantitative estimate of drug-likeness (QED) is 0.364. The fourth-order valence-corrected chi connectivity index (χ4v) is 4.89. The van der Waals surface area contributed by atoms with Crippen LogP contribution >= 0.6 is 0 Å². The maximum atomic E-state index is 13.0. The second-order valence-electron chi connectivity index (χ2n) is 9.29. The number of ether oxygens (including phenoxy) is 2. The molecule has 2 aliphatic heterocycles. The van der Waals surface area contributed by atoms with Crippen molar-refractivity contribution in [2.75, 3.05) is 33.0 Å². The summed E-state index contributed by atoms with van der Waals surface area (Å²) in [7, 11) is -2.21. The normalized spacial score (nSPS) is 18.3. The van der Waals surface area contributed by atoms with E-state index < -0.39 is 38.0 Å². The van der Waals surface area contributed by atoms with E-state index in [-0.39, 0.29) is 42.1 Å². The minimum Gasteiger partial charge on any atom is -0.465 e. The molecule has 1 spiro atoms. The number of nitrogens with zero attached hydrogens (tertiary/aromatic N) is 3. The third-order valence-corrected chi connectivity index (χ3v) is 6.72. The number of hydrogen-bond acceptors (Lipinski definition) is 8. The Hall–Kier alpha value is -2.99. The summed E-state index contributed by atoms with van der Waals surface area (Å²) in [5.74, 6) is -0.731. The van der Waals surface area contributed by atoms with Crippen LogP contribution in [0, 0.1) is 15.5 Å². The number of amides is 1. The maximum absolute atomic E-state index is 13.0. The molecule has 180 valence electrons. The predicted molar refractivity (Wildman–Crippen MR) is 119 cm³/mol. The van der Waals surface area contributed by atoms with E-state index in [0.29, 0.717) is 6.42 Å². The van der Waals surface area contributed by atoms with Gasteiger partial charge in [0.05, 0.1) is 35.1 Å². The van der Waals surface area contributed by atoms with Gasteiger partial charge in [-0.1, -0.05) is 6.08 Å². The molecule has 0 radical (unpaired) electrons. The zero-order valence-corrected chi connectivity index (χ0v) is 20.0. The molecule has 1 aromatic rings. The monoisotopic (exact) mass is 481 g/mol. The summed E-state index contributed by atoms with van der Waals surface area (Å²) in [5, 5.41) is 11.9. The van der Waals surface area contributed by atoms with Crippen LogP contribution in [0.2, 0.25) is 0 Å². The molecule has 0 unspecified atom stereocenters. The molecule has 3 rings (SSSR count). The first-order chi connectivity index (χ1) is 15.2. The highest BCUT2D eigenvalue weighted by atomic mass is 32.2. The van der Waals surface area contributed by atoms with Crippen LogP contribution in [0.25, 0.3) is 5.70 Å². The molecule has 1 fully saturated rings. The minimum absolute atomic E-state index is 0.00483. The average molecular weight is 482 g/mol. The number of benzene rings is 1. The van der Waals surface area contributed by atoms with Crippen LogP contribution in [0.1, 0.15) is 43.1 Å². The highest BCUT2D eigenvalue weighted by Crippen LogP contribution is 2.45. The molecular formula is C21H27N3O8S. The second-order valence-corrected chi connectivity index (χ2v) is 11.3. The molecule has 0 aromatic heterocycles. The first-order valence-electron chi connectivity index (χ1n) is 10.2. The fourth-order valence-electron chi connectivity index (χ4n) is 3.91. The third-order valence-electron chi connectivity index (χ3n) is 5.52. The van der Waals surface area contributed by atoms with Gasteiger partial charge in [-0.2, -0.15) is 0 Å². The van der Waals surface area contributed by atoms with E-state index in [4.69, 9.17) is 4.74 Å². The summed E-state index contributed by atoms with van der Waals surface area (Å²) in [5.41, 5.74) is -1.38. The van der Waals surface area contributed by atoms with E-state index in [1.165, 1.54) is 28.4 Å². The number of rotatable bonds is 4. The summed E-state index contributed by atoms with van der Waals surface area (Å²) in [6.45, 7) is 5.75. The van der Waals surface area contributed by atoms with Crippen LogP contribution in [0.15, 0.2) is 24.3 Å². The van der Waals surface area contributed by atoms with Crippen LogP contribution in [-0.2, 0) is 19.5 Å². The van der Waals surface area contributed by atoms with Gasteiger partial charge < -0.3 is 9.47 Å². The van der Waals surface area contributed by atoms with Gasteiger partial charge in [0.1, 0.15) is 5.60 Å². The van der Waals surface area contributed by atoms with Crippen molar-refractivity contribution in [2.45, 2.75) is 32.8 Å². The summed E-state index contributed by atoms with van der Waals surface area (Å²) in [6.07, 6.45) is 2.63. The first-order valence-corrected chi connectivity index (χ1v) is 12.1. The number of methoxy groups -OCH3 is 1. The Bertz CT molecular complexity index is 1130. The Kier molecular flexibility index (Phi) is 6.28. The Balaban J connectivity index is 2.10. The molecule has 33 heavy (non-hydrogen) atoms. The van der Waals surface area contributed by atoms with Crippen molar-refractivity contribution >= 4 is 33.5 Å². The molecule has 1 aromatic carbocycles. The summed E-state index contributed by atoms with van der Waals surface area (Å²) in [6, 6.07) is 3.87. The van der Waals surface area contributed by atoms with Gasteiger partial charge in [0, 0.05) is 31.1 Å². The standard InChI is InChI=1S/C21H27N3O8S/c1-20(2,3)32-19(26)23-9-8-21(12-22(13-21)33(5,29)30)11-17(23)15-7-6-14(18(25)31-4)10-16(15)24(27)28/h6-7,10-11H,8-9,12-13H2,1-5H3. The topological polar surface area (TPSA) is 136 Å². The lowest BCUT2D eigenvalue weighted by molar-refractivity contribution is -0.385. The lowest BCUT2D eigenvalue weighted by Gasteiger charge is -2.50. The molecular weight excluding hydrogens is 454 g/mol. The van der Waals surface area contributed by atoms with Crippen LogP contribution in [0.4, 0.5) is 10.5 Å². The van der Waals surface area contributed by atoms with Crippen molar-refractivity contribution in [3.63, 3.8) is 0 Å². The molecule has 1 amide bonds. The van der Waals surface area contributed by atoms with Gasteiger partial charge in [-0.25, -0.2) is 22.3 Å². The summed E-state index contributed by atoms with van der Waals surface area (Å²) < 4.78 is 35.2. The largest absolute Gasteiger partial charge is 0.465 e. The van der Waals surface area contributed by atoms with Crippen LogP contribution < -0.4 is 0 Å². The number of sulfonamides is 1. The van der Waals surface area contributed by atoms with Gasteiger partial charge in [0.15, 0.2) is 0 Å². The van der Waals surface area contributed by atoms with Gasteiger partial charge in [-0.3, -0.25) is 15.0 Å². The molecule has 0 bridgehead atoms. The zero-order valence-electron chi connectivity index (χ0n) is 19.2. The van der Waals surface area contributed by atoms with Crippen molar-refractivity contribution in [1.82, 2.24) is 9.21 Å². The van der Waals surface area contributed by atoms with Crippen LogP contribution in [0.5, 0.6) is 0 Å². The number of nitro groups is 1.